The van der Waals surface area contributed by atoms with Gasteiger partial charge < -0.3 is 9.51 Å². The van der Waals surface area contributed by atoms with Crippen LogP contribution in [0.2, 0.25) is 0 Å². The van der Waals surface area contributed by atoms with Gasteiger partial charge in [-0.3, -0.25) is 0 Å². The van der Waals surface area contributed by atoms with Crippen molar-refractivity contribution < 1.29 is 5.11 Å². The van der Waals surface area contributed by atoms with Crippen LogP contribution >= 0.6 is 0 Å². The second-order valence-electron chi connectivity index (χ2n) is 6.08. The van der Waals surface area contributed by atoms with E-state index in [-0.39, 0.29) is 0 Å². The number of aliphatic hydroxyl groups is 1. The van der Waals surface area contributed by atoms with Gasteiger partial charge in [0.2, 0.25) is 0 Å². The lowest BCUT2D eigenvalue weighted by molar-refractivity contribution is 0.0946. The summed E-state index contributed by atoms with van der Waals surface area (Å²) in [4.78, 5) is 4.25. The Balaban J connectivity index is 2.01. The number of nitrogens with zero attached hydrogens (tertiary/aromatic N) is 2. The van der Waals surface area contributed by atoms with Gasteiger partial charge in [0.05, 0.1) is 29.8 Å². The van der Waals surface area contributed by atoms with Crippen molar-refractivity contribution in [2.75, 3.05) is 0 Å². The molecule has 0 amide bonds. The maximum absolute atomic E-state index is 10.8. The Morgan fingerprint density at radius 1 is 1.35 bits per heavy atom. The minimum Gasteiger partial charge on any atom is -0.387 e. The number of hydrogen-bond donors (Lipinski definition) is 1. The first-order valence-corrected chi connectivity index (χ1v) is 7.88. The number of pyridine rings is 1. The van der Waals surface area contributed by atoms with Crippen LogP contribution in [-0.2, 0) is 0 Å². The van der Waals surface area contributed by atoms with Crippen LogP contribution in [0.25, 0.3) is 5.52 Å². The summed E-state index contributed by atoms with van der Waals surface area (Å²) in [6.45, 7) is 4.35. The molecule has 1 aliphatic carbocycles. The number of aliphatic hydroxyl groups excluding tert-OH is 1. The lowest BCUT2D eigenvalue weighted by Gasteiger charge is -2.23. The van der Waals surface area contributed by atoms with E-state index in [1.165, 1.54) is 18.4 Å². The highest BCUT2D eigenvalue weighted by molar-refractivity contribution is 5.51. The lowest BCUT2D eigenvalue weighted by Crippen LogP contribution is -2.15. The first-order valence-electron chi connectivity index (χ1n) is 7.88. The zero-order valence-corrected chi connectivity index (χ0v) is 12.4. The third kappa shape index (κ3) is 2.47. The van der Waals surface area contributed by atoms with Crippen molar-refractivity contribution in [2.24, 2.45) is 5.92 Å². The molecule has 0 saturated heterocycles. The number of imidazole rings is 1. The van der Waals surface area contributed by atoms with Gasteiger partial charge in [-0.05, 0) is 48.8 Å². The van der Waals surface area contributed by atoms with E-state index in [0.29, 0.717) is 11.8 Å². The summed E-state index contributed by atoms with van der Waals surface area (Å²) in [6, 6.07) is 4.43. The molecule has 3 nitrogen and oxygen atoms in total. The molecule has 0 radical (unpaired) electrons. The first-order chi connectivity index (χ1) is 9.74. The molecular formula is C17H24N2O. The van der Waals surface area contributed by atoms with Gasteiger partial charge in [-0.15, -0.1) is 0 Å². The van der Waals surface area contributed by atoms with Crippen molar-refractivity contribution in [3.63, 3.8) is 0 Å². The van der Waals surface area contributed by atoms with Crippen molar-refractivity contribution in [1.82, 2.24) is 9.38 Å². The van der Waals surface area contributed by atoms with Crippen molar-refractivity contribution >= 4 is 5.52 Å². The fourth-order valence-electron chi connectivity index (χ4n) is 3.16. The van der Waals surface area contributed by atoms with Gasteiger partial charge in [-0.2, -0.15) is 0 Å². The standard InChI is InChI=1S/C17H24N2O/c1-3-5-12(4-2)17(20)16-9-14(13-6-7-13)8-15-10-18-11-19(15)16/h8-13,17,20H,3-7H2,1-2H3. The zero-order valence-electron chi connectivity index (χ0n) is 12.4. The molecule has 0 aliphatic heterocycles. The van der Waals surface area contributed by atoms with Crippen LogP contribution in [-0.4, -0.2) is 14.5 Å². The van der Waals surface area contributed by atoms with Crippen molar-refractivity contribution in [1.29, 1.82) is 0 Å². The fourth-order valence-corrected chi connectivity index (χ4v) is 3.16. The van der Waals surface area contributed by atoms with E-state index in [0.717, 1.165) is 30.5 Å². The molecule has 2 atom stereocenters. The molecule has 0 spiro atoms. The highest BCUT2D eigenvalue weighted by Gasteiger charge is 2.27. The monoisotopic (exact) mass is 272 g/mol. The average Bonchev–Trinajstić information content (AvgIpc) is 3.21. The number of fused-ring (bicyclic) bond motifs is 1. The van der Waals surface area contributed by atoms with E-state index in [1.54, 1.807) is 0 Å². The molecule has 3 heteroatoms. The van der Waals surface area contributed by atoms with Gasteiger partial charge in [-0.25, -0.2) is 4.98 Å². The highest BCUT2D eigenvalue weighted by Crippen LogP contribution is 2.42. The Hall–Kier alpha value is -1.35. The molecule has 1 fully saturated rings. The molecule has 108 valence electrons. The van der Waals surface area contributed by atoms with E-state index >= 15 is 0 Å². The lowest BCUT2D eigenvalue weighted by atomic mass is 9.91. The van der Waals surface area contributed by atoms with E-state index in [9.17, 15) is 5.11 Å². The summed E-state index contributed by atoms with van der Waals surface area (Å²) in [7, 11) is 0. The van der Waals surface area contributed by atoms with Crippen LogP contribution in [0.1, 0.15) is 69.2 Å². The molecule has 1 aliphatic rings. The Kier molecular flexibility index (Phi) is 3.79. The summed E-state index contributed by atoms with van der Waals surface area (Å²) in [6.07, 6.45) is 9.09. The fraction of sp³-hybridized carbons (Fsp3) is 0.588. The van der Waals surface area contributed by atoms with Crippen molar-refractivity contribution in [3.8, 4) is 0 Å². The second-order valence-corrected chi connectivity index (χ2v) is 6.08. The van der Waals surface area contributed by atoms with Gasteiger partial charge in [0.15, 0.2) is 0 Å². The molecule has 2 unspecified atom stereocenters. The maximum atomic E-state index is 10.8. The molecule has 1 saturated carbocycles. The maximum Gasteiger partial charge on any atom is 0.0995 e. The third-order valence-corrected chi connectivity index (χ3v) is 4.56. The van der Waals surface area contributed by atoms with E-state index in [4.69, 9.17) is 0 Å². The summed E-state index contributed by atoms with van der Waals surface area (Å²) >= 11 is 0. The first kappa shape index (κ1) is 13.6. The van der Waals surface area contributed by atoms with Crippen LogP contribution in [0.15, 0.2) is 24.7 Å². The summed E-state index contributed by atoms with van der Waals surface area (Å²) in [5.41, 5.74) is 3.50. The average molecular weight is 272 g/mol. The second kappa shape index (κ2) is 5.57. The minimum absolute atomic E-state index is 0.333. The van der Waals surface area contributed by atoms with E-state index in [2.05, 4.69) is 35.4 Å². The smallest absolute Gasteiger partial charge is 0.0995 e. The molecule has 1 N–H and O–H groups in total. The van der Waals surface area contributed by atoms with Gasteiger partial charge >= 0.3 is 0 Å². The highest BCUT2D eigenvalue weighted by atomic mass is 16.3. The molecular weight excluding hydrogens is 248 g/mol. The minimum atomic E-state index is -0.393. The van der Waals surface area contributed by atoms with Gasteiger partial charge in [0.1, 0.15) is 0 Å². The normalized spacial score (nSPS) is 18.4. The third-order valence-electron chi connectivity index (χ3n) is 4.56. The summed E-state index contributed by atoms with van der Waals surface area (Å²) in [5.74, 6) is 1.03. The van der Waals surface area contributed by atoms with Crippen LogP contribution in [0.5, 0.6) is 0 Å². The van der Waals surface area contributed by atoms with Gasteiger partial charge in [0, 0.05) is 0 Å². The molecule has 0 aromatic carbocycles. The van der Waals surface area contributed by atoms with Crippen molar-refractivity contribution in [2.45, 2.75) is 58.0 Å². The quantitative estimate of drug-likeness (QED) is 0.860. The predicted molar refractivity (Wildman–Crippen MR) is 80.8 cm³/mol. The Morgan fingerprint density at radius 2 is 2.15 bits per heavy atom. The molecule has 2 heterocycles. The van der Waals surface area contributed by atoms with Crippen LogP contribution in [0.3, 0.4) is 0 Å². The number of aromatic nitrogens is 2. The topological polar surface area (TPSA) is 37.5 Å². The Bertz CT molecular complexity index is 586. The summed E-state index contributed by atoms with van der Waals surface area (Å²) in [5, 5.41) is 10.8. The number of hydrogen-bond acceptors (Lipinski definition) is 2. The van der Waals surface area contributed by atoms with E-state index in [1.807, 2.05) is 12.5 Å². The Labute approximate surface area is 120 Å². The predicted octanol–water partition coefficient (Wildman–Crippen LogP) is 4.07. The van der Waals surface area contributed by atoms with Crippen LogP contribution < -0.4 is 0 Å². The largest absolute Gasteiger partial charge is 0.387 e. The van der Waals surface area contributed by atoms with Crippen LogP contribution in [0, 0.1) is 5.92 Å². The van der Waals surface area contributed by atoms with E-state index < -0.39 is 6.10 Å². The molecule has 0 bridgehead atoms. The van der Waals surface area contributed by atoms with Crippen LogP contribution in [0.4, 0.5) is 0 Å². The molecule has 2 aromatic rings. The van der Waals surface area contributed by atoms with Gasteiger partial charge in [-0.1, -0.05) is 26.7 Å². The summed E-state index contributed by atoms with van der Waals surface area (Å²) < 4.78 is 2.05. The van der Waals surface area contributed by atoms with Crippen molar-refractivity contribution in [3.05, 3.63) is 35.9 Å². The molecule has 2 aromatic heterocycles. The molecule has 3 rings (SSSR count). The number of rotatable bonds is 6. The Morgan fingerprint density at radius 3 is 2.80 bits per heavy atom. The van der Waals surface area contributed by atoms with Gasteiger partial charge in [0.25, 0.3) is 0 Å². The molecule has 20 heavy (non-hydrogen) atoms. The zero-order chi connectivity index (χ0) is 14.1. The SMILES string of the molecule is CCCC(CC)C(O)c1cc(C2CC2)cc2cncn12.